The average Bonchev–Trinajstić information content (AvgIpc) is 2.91. The highest BCUT2D eigenvalue weighted by Crippen LogP contribution is 2.25. The minimum atomic E-state index is -0.184. The van der Waals surface area contributed by atoms with Crippen molar-refractivity contribution in [2.24, 2.45) is 7.05 Å². The van der Waals surface area contributed by atoms with Crippen molar-refractivity contribution in [2.75, 3.05) is 13.2 Å². The van der Waals surface area contributed by atoms with Gasteiger partial charge in [-0.15, -0.1) is 0 Å². The number of carbonyl (C=O) groups excluding carboxylic acids is 1. The average molecular weight is 277 g/mol. The Bertz CT molecular complexity index is 425. The van der Waals surface area contributed by atoms with Crippen molar-refractivity contribution in [2.45, 2.75) is 18.9 Å². The van der Waals surface area contributed by atoms with Gasteiger partial charge in [0.05, 0.1) is 11.1 Å². The van der Waals surface area contributed by atoms with E-state index in [9.17, 15) is 4.79 Å². The molecular formula is C11H14Cl2N2O2. The number of carbonyl (C=O) groups is 1. The third-order valence-electron chi connectivity index (χ3n) is 2.86. The summed E-state index contributed by atoms with van der Waals surface area (Å²) in [5, 5.41) is 3.58. The molecule has 0 saturated carbocycles. The molecule has 1 aliphatic rings. The molecule has 0 radical (unpaired) electrons. The maximum absolute atomic E-state index is 11.9. The number of ether oxygens (including phenoxy) is 1. The van der Waals surface area contributed by atoms with E-state index < -0.39 is 0 Å². The van der Waals surface area contributed by atoms with Crippen LogP contribution in [0.5, 0.6) is 0 Å². The van der Waals surface area contributed by atoms with Gasteiger partial charge >= 0.3 is 0 Å². The van der Waals surface area contributed by atoms with Crippen LogP contribution in [0.3, 0.4) is 0 Å². The Balaban J connectivity index is 1.96. The second-order valence-electron chi connectivity index (χ2n) is 4.07. The third-order valence-corrected chi connectivity index (χ3v) is 3.71. The number of nitrogens with one attached hydrogen (secondary N) is 1. The number of amides is 1. The molecule has 94 valence electrons. The smallest absolute Gasteiger partial charge is 0.268 e. The van der Waals surface area contributed by atoms with E-state index in [2.05, 4.69) is 5.32 Å². The first-order chi connectivity index (χ1) is 8.09. The molecule has 0 spiro atoms. The Morgan fingerprint density at radius 3 is 2.94 bits per heavy atom. The first-order valence-electron chi connectivity index (χ1n) is 5.50. The van der Waals surface area contributed by atoms with Crippen LogP contribution in [0.2, 0.25) is 10.2 Å². The normalized spacial score (nSPS) is 19.6. The molecule has 6 heteroatoms. The van der Waals surface area contributed by atoms with Crippen molar-refractivity contribution >= 4 is 29.1 Å². The van der Waals surface area contributed by atoms with Crippen LogP contribution in [0, 0.1) is 0 Å². The zero-order chi connectivity index (χ0) is 12.4. The van der Waals surface area contributed by atoms with E-state index in [4.69, 9.17) is 27.9 Å². The van der Waals surface area contributed by atoms with Gasteiger partial charge in [0.1, 0.15) is 10.8 Å². The van der Waals surface area contributed by atoms with Crippen LogP contribution >= 0.6 is 23.2 Å². The van der Waals surface area contributed by atoms with Gasteiger partial charge in [0.25, 0.3) is 5.91 Å². The Kier molecular flexibility index (Phi) is 3.97. The molecule has 2 heterocycles. The van der Waals surface area contributed by atoms with Gasteiger partial charge in [-0.2, -0.15) is 0 Å². The van der Waals surface area contributed by atoms with Crippen LogP contribution < -0.4 is 5.32 Å². The highest BCUT2D eigenvalue weighted by Gasteiger charge is 2.19. The van der Waals surface area contributed by atoms with Crippen LogP contribution in [-0.2, 0) is 11.8 Å². The molecule has 1 aromatic heterocycles. The molecule has 1 aromatic rings. The second-order valence-corrected chi connectivity index (χ2v) is 4.84. The van der Waals surface area contributed by atoms with Crippen LogP contribution in [0.4, 0.5) is 0 Å². The summed E-state index contributed by atoms with van der Waals surface area (Å²) >= 11 is 11.7. The van der Waals surface area contributed by atoms with Crippen LogP contribution in [-0.4, -0.2) is 29.7 Å². The Labute approximate surface area is 110 Å². The molecule has 1 atom stereocenters. The fourth-order valence-electron chi connectivity index (χ4n) is 1.86. The standard InChI is InChI=1S/C11H14Cl2N2O2/c1-15-9(5-8(12)10(15)13)11(16)14-6-7-3-2-4-17-7/h5,7H,2-4,6H2,1H3,(H,14,16). The summed E-state index contributed by atoms with van der Waals surface area (Å²) in [5.74, 6) is -0.184. The van der Waals surface area contributed by atoms with Gasteiger partial charge in [-0.3, -0.25) is 4.79 Å². The van der Waals surface area contributed by atoms with E-state index in [0.29, 0.717) is 22.4 Å². The van der Waals surface area contributed by atoms with Crippen LogP contribution in [0.1, 0.15) is 23.3 Å². The maximum Gasteiger partial charge on any atom is 0.268 e. The number of rotatable bonds is 3. The van der Waals surface area contributed by atoms with Gasteiger partial charge in [0, 0.05) is 20.2 Å². The van der Waals surface area contributed by atoms with Gasteiger partial charge in [0.2, 0.25) is 0 Å². The topological polar surface area (TPSA) is 43.3 Å². The van der Waals surface area contributed by atoms with Crippen molar-refractivity contribution in [1.29, 1.82) is 0 Å². The minimum Gasteiger partial charge on any atom is -0.376 e. The molecule has 1 fully saturated rings. The monoisotopic (exact) mass is 276 g/mol. The molecule has 2 rings (SSSR count). The van der Waals surface area contributed by atoms with Crippen molar-refractivity contribution in [1.82, 2.24) is 9.88 Å². The SMILES string of the molecule is Cn1c(C(=O)NCC2CCCO2)cc(Cl)c1Cl. The lowest BCUT2D eigenvalue weighted by Crippen LogP contribution is -2.32. The van der Waals surface area contributed by atoms with Gasteiger partial charge in [-0.1, -0.05) is 23.2 Å². The molecule has 0 aromatic carbocycles. The highest BCUT2D eigenvalue weighted by molar-refractivity contribution is 6.41. The fraction of sp³-hybridized carbons (Fsp3) is 0.545. The summed E-state index contributed by atoms with van der Waals surface area (Å²) in [7, 11) is 1.70. The fourth-order valence-corrected chi connectivity index (χ4v) is 2.24. The van der Waals surface area contributed by atoms with E-state index >= 15 is 0 Å². The largest absolute Gasteiger partial charge is 0.376 e. The van der Waals surface area contributed by atoms with Gasteiger partial charge in [0.15, 0.2) is 0 Å². The van der Waals surface area contributed by atoms with Crippen molar-refractivity contribution in [3.05, 3.63) is 21.9 Å². The summed E-state index contributed by atoms with van der Waals surface area (Å²) in [6.45, 7) is 1.31. The predicted octanol–water partition coefficient (Wildman–Crippen LogP) is 2.24. The molecule has 1 N–H and O–H groups in total. The Morgan fingerprint density at radius 2 is 2.41 bits per heavy atom. The summed E-state index contributed by atoms with van der Waals surface area (Å²) in [5.41, 5.74) is 0.456. The van der Waals surface area contributed by atoms with Gasteiger partial charge in [-0.25, -0.2) is 0 Å². The van der Waals surface area contributed by atoms with E-state index in [1.807, 2.05) is 0 Å². The lowest BCUT2D eigenvalue weighted by Gasteiger charge is -2.11. The molecule has 1 unspecified atom stereocenters. The minimum absolute atomic E-state index is 0.130. The Hall–Kier alpha value is -0.710. The van der Waals surface area contributed by atoms with Crippen LogP contribution in [0.25, 0.3) is 0 Å². The number of hydrogen-bond acceptors (Lipinski definition) is 2. The third kappa shape index (κ3) is 2.76. The maximum atomic E-state index is 11.9. The molecule has 1 saturated heterocycles. The molecular weight excluding hydrogens is 263 g/mol. The van der Waals surface area contributed by atoms with Crippen LogP contribution in [0.15, 0.2) is 6.07 Å². The van der Waals surface area contributed by atoms with Crippen molar-refractivity contribution in [3.63, 3.8) is 0 Å². The summed E-state index contributed by atoms with van der Waals surface area (Å²) in [6.07, 6.45) is 2.18. The van der Waals surface area contributed by atoms with Gasteiger partial charge in [-0.05, 0) is 18.9 Å². The predicted molar refractivity (Wildman–Crippen MR) is 66.7 cm³/mol. The molecule has 17 heavy (non-hydrogen) atoms. The van der Waals surface area contributed by atoms with E-state index in [1.165, 1.54) is 0 Å². The van der Waals surface area contributed by atoms with Crippen molar-refractivity contribution in [3.8, 4) is 0 Å². The molecule has 1 amide bonds. The summed E-state index contributed by atoms with van der Waals surface area (Å²) in [6, 6.07) is 1.56. The first kappa shape index (κ1) is 12.7. The summed E-state index contributed by atoms with van der Waals surface area (Å²) < 4.78 is 6.99. The quantitative estimate of drug-likeness (QED) is 0.920. The van der Waals surface area contributed by atoms with E-state index in [0.717, 1.165) is 19.4 Å². The Morgan fingerprint density at radius 1 is 1.65 bits per heavy atom. The van der Waals surface area contributed by atoms with Gasteiger partial charge < -0.3 is 14.6 Å². The zero-order valence-electron chi connectivity index (χ0n) is 9.50. The first-order valence-corrected chi connectivity index (χ1v) is 6.25. The number of halogens is 2. The molecule has 0 aliphatic carbocycles. The molecule has 4 nitrogen and oxygen atoms in total. The zero-order valence-corrected chi connectivity index (χ0v) is 11.0. The lowest BCUT2D eigenvalue weighted by atomic mass is 10.2. The number of nitrogens with zero attached hydrogens (tertiary/aromatic N) is 1. The lowest BCUT2D eigenvalue weighted by molar-refractivity contribution is 0.0851. The summed E-state index contributed by atoms with van der Waals surface area (Å²) in [4.78, 5) is 11.9. The van der Waals surface area contributed by atoms with Crippen molar-refractivity contribution < 1.29 is 9.53 Å². The molecule has 0 bridgehead atoms. The second kappa shape index (κ2) is 5.29. The molecule has 1 aliphatic heterocycles. The number of aromatic nitrogens is 1. The highest BCUT2D eigenvalue weighted by atomic mass is 35.5. The number of hydrogen-bond donors (Lipinski definition) is 1. The van der Waals surface area contributed by atoms with E-state index in [1.54, 1.807) is 17.7 Å². The van der Waals surface area contributed by atoms with E-state index in [-0.39, 0.29) is 12.0 Å².